The standard InChI is InChI=1S/C12H15ClN4/c1-8-15-11(14)12(16-8)17(2)7-9-3-5-10(13)6-4-9/h3-6H,7,14H2,1-2H3,(H,15,16). The van der Waals surface area contributed by atoms with Crippen molar-refractivity contribution in [3.63, 3.8) is 0 Å². The molecule has 0 spiro atoms. The Morgan fingerprint density at radius 1 is 1.35 bits per heavy atom. The number of hydrogen-bond donors (Lipinski definition) is 2. The highest BCUT2D eigenvalue weighted by Crippen LogP contribution is 2.20. The minimum absolute atomic E-state index is 0.596. The molecule has 0 aliphatic rings. The van der Waals surface area contributed by atoms with Crippen LogP contribution in [0.2, 0.25) is 5.02 Å². The number of aromatic nitrogens is 2. The molecule has 0 aliphatic heterocycles. The minimum Gasteiger partial charge on any atom is -0.382 e. The summed E-state index contributed by atoms with van der Waals surface area (Å²) in [7, 11) is 1.96. The molecule has 0 saturated heterocycles. The van der Waals surface area contributed by atoms with Gasteiger partial charge in [-0.25, -0.2) is 4.98 Å². The molecule has 2 rings (SSSR count). The third-order valence-corrected chi connectivity index (χ3v) is 2.78. The van der Waals surface area contributed by atoms with E-state index in [1.165, 1.54) is 0 Å². The number of nitrogens with zero attached hydrogens (tertiary/aromatic N) is 2. The first-order valence-corrected chi connectivity index (χ1v) is 5.71. The normalized spacial score (nSPS) is 10.5. The number of H-pyrrole nitrogens is 1. The molecule has 0 unspecified atom stereocenters. The van der Waals surface area contributed by atoms with E-state index in [0.717, 1.165) is 28.8 Å². The first kappa shape index (κ1) is 11.8. The number of benzene rings is 1. The van der Waals surface area contributed by atoms with Gasteiger partial charge in [-0.2, -0.15) is 0 Å². The molecule has 1 aromatic carbocycles. The lowest BCUT2D eigenvalue weighted by Crippen LogP contribution is -2.18. The summed E-state index contributed by atoms with van der Waals surface area (Å²) in [4.78, 5) is 9.33. The van der Waals surface area contributed by atoms with E-state index in [0.29, 0.717) is 5.82 Å². The number of rotatable bonds is 3. The van der Waals surface area contributed by atoms with Gasteiger partial charge in [-0.05, 0) is 24.6 Å². The van der Waals surface area contributed by atoms with Crippen LogP contribution in [0.4, 0.5) is 11.6 Å². The summed E-state index contributed by atoms with van der Waals surface area (Å²) < 4.78 is 0. The molecule has 17 heavy (non-hydrogen) atoms. The van der Waals surface area contributed by atoms with E-state index in [9.17, 15) is 0 Å². The van der Waals surface area contributed by atoms with Crippen LogP contribution in [0.3, 0.4) is 0 Å². The van der Waals surface area contributed by atoms with E-state index in [4.69, 9.17) is 17.3 Å². The van der Waals surface area contributed by atoms with Crippen molar-refractivity contribution in [2.45, 2.75) is 13.5 Å². The molecule has 90 valence electrons. The van der Waals surface area contributed by atoms with Gasteiger partial charge in [-0.3, -0.25) is 0 Å². The van der Waals surface area contributed by atoms with Crippen molar-refractivity contribution in [1.82, 2.24) is 9.97 Å². The SMILES string of the molecule is Cc1nc(N(C)Cc2ccc(Cl)cc2)c(N)[nH]1. The number of halogens is 1. The lowest BCUT2D eigenvalue weighted by Gasteiger charge is -2.17. The zero-order valence-electron chi connectivity index (χ0n) is 9.87. The van der Waals surface area contributed by atoms with Crippen LogP contribution >= 0.6 is 11.6 Å². The van der Waals surface area contributed by atoms with Crippen LogP contribution < -0.4 is 10.6 Å². The molecule has 3 N–H and O–H groups in total. The average Bonchev–Trinajstić information content (AvgIpc) is 2.61. The molecule has 1 heterocycles. The summed E-state index contributed by atoms with van der Waals surface area (Å²) in [5, 5.41) is 0.742. The van der Waals surface area contributed by atoms with E-state index in [2.05, 4.69) is 9.97 Å². The number of hydrogen-bond acceptors (Lipinski definition) is 3. The number of imidazole rings is 1. The van der Waals surface area contributed by atoms with Crippen LogP contribution in [0.5, 0.6) is 0 Å². The van der Waals surface area contributed by atoms with E-state index in [1.807, 2.05) is 43.1 Å². The van der Waals surface area contributed by atoms with Gasteiger partial charge in [0.05, 0.1) is 0 Å². The first-order chi connectivity index (χ1) is 8.06. The van der Waals surface area contributed by atoms with Crippen molar-refractivity contribution in [3.8, 4) is 0 Å². The number of nitrogen functional groups attached to an aromatic ring is 1. The van der Waals surface area contributed by atoms with E-state index in [-0.39, 0.29) is 0 Å². The highest BCUT2D eigenvalue weighted by Gasteiger charge is 2.10. The van der Waals surface area contributed by atoms with Gasteiger partial charge in [0.2, 0.25) is 0 Å². The maximum atomic E-state index is 5.84. The van der Waals surface area contributed by atoms with Crippen molar-refractivity contribution in [2.75, 3.05) is 17.7 Å². The molecule has 0 saturated carbocycles. The molecule has 0 fully saturated rings. The molecule has 0 radical (unpaired) electrons. The summed E-state index contributed by atoms with van der Waals surface area (Å²) in [6, 6.07) is 7.75. The van der Waals surface area contributed by atoms with Crippen LogP contribution in [0, 0.1) is 6.92 Å². The van der Waals surface area contributed by atoms with Crippen LogP contribution in [-0.2, 0) is 6.54 Å². The number of anilines is 2. The van der Waals surface area contributed by atoms with Gasteiger partial charge in [0.1, 0.15) is 11.6 Å². The van der Waals surface area contributed by atoms with Crippen LogP contribution in [0.1, 0.15) is 11.4 Å². The quantitative estimate of drug-likeness (QED) is 0.880. The second-order valence-electron chi connectivity index (χ2n) is 4.04. The van der Waals surface area contributed by atoms with Gasteiger partial charge in [0.15, 0.2) is 5.82 Å². The second kappa shape index (κ2) is 4.67. The Morgan fingerprint density at radius 3 is 2.53 bits per heavy atom. The molecule has 5 heteroatoms. The van der Waals surface area contributed by atoms with Crippen molar-refractivity contribution in [1.29, 1.82) is 0 Å². The van der Waals surface area contributed by atoms with Crippen molar-refractivity contribution in [3.05, 3.63) is 40.7 Å². The predicted octanol–water partition coefficient (Wildman–Crippen LogP) is 2.59. The summed E-state index contributed by atoms with van der Waals surface area (Å²) in [6.45, 7) is 2.63. The summed E-state index contributed by atoms with van der Waals surface area (Å²) >= 11 is 5.84. The van der Waals surface area contributed by atoms with E-state index in [1.54, 1.807) is 0 Å². The smallest absolute Gasteiger partial charge is 0.171 e. The fraction of sp³-hybridized carbons (Fsp3) is 0.250. The van der Waals surface area contributed by atoms with E-state index >= 15 is 0 Å². The maximum absolute atomic E-state index is 5.84. The highest BCUT2D eigenvalue weighted by molar-refractivity contribution is 6.30. The van der Waals surface area contributed by atoms with Gasteiger partial charge >= 0.3 is 0 Å². The van der Waals surface area contributed by atoms with Gasteiger partial charge < -0.3 is 15.6 Å². The molecule has 1 aromatic heterocycles. The fourth-order valence-corrected chi connectivity index (χ4v) is 1.85. The zero-order chi connectivity index (χ0) is 12.4. The predicted molar refractivity (Wildman–Crippen MR) is 71.3 cm³/mol. The molecular weight excluding hydrogens is 236 g/mol. The molecule has 4 nitrogen and oxygen atoms in total. The summed E-state index contributed by atoms with van der Waals surface area (Å²) in [5.41, 5.74) is 7.00. The molecule has 2 aromatic rings. The molecular formula is C12H15ClN4. The Morgan fingerprint density at radius 2 is 2.00 bits per heavy atom. The molecule has 0 atom stereocenters. The minimum atomic E-state index is 0.596. The summed E-state index contributed by atoms with van der Waals surface area (Å²) in [5.74, 6) is 2.19. The van der Waals surface area contributed by atoms with Crippen LogP contribution in [-0.4, -0.2) is 17.0 Å². The average molecular weight is 251 g/mol. The maximum Gasteiger partial charge on any atom is 0.171 e. The van der Waals surface area contributed by atoms with Crippen molar-refractivity contribution in [2.24, 2.45) is 0 Å². The second-order valence-corrected chi connectivity index (χ2v) is 4.48. The first-order valence-electron chi connectivity index (χ1n) is 5.34. The number of aromatic amines is 1. The van der Waals surface area contributed by atoms with Crippen LogP contribution in [0.15, 0.2) is 24.3 Å². The van der Waals surface area contributed by atoms with Gasteiger partial charge in [-0.1, -0.05) is 23.7 Å². The third-order valence-electron chi connectivity index (χ3n) is 2.52. The monoisotopic (exact) mass is 250 g/mol. The molecule has 0 aliphatic carbocycles. The van der Waals surface area contributed by atoms with Crippen molar-refractivity contribution >= 4 is 23.2 Å². The lowest BCUT2D eigenvalue weighted by atomic mass is 10.2. The Labute approximate surface area is 105 Å². The fourth-order valence-electron chi connectivity index (χ4n) is 1.73. The van der Waals surface area contributed by atoms with Crippen molar-refractivity contribution < 1.29 is 0 Å². The van der Waals surface area contributed by atoms with Gasteiger partial charge in [0, 0.05) is 18.6 Å². The molecule has 0 amide bonds. The van der Waals surface area contributed by atoms with Gasteiger partial charge in [0.25, 0.3) is 0 Å². The Bertz CT molecular complexity index is 504. The molecule has 0 bridgehead atoms. The Hall–Kier alpha value is -1.68. The number of nitrogens with one attached hydrogen (secondary N) is 1. The highest BCUT2D eigenvalue weighted by atomic mass is 35.5. The van der Waals surface area contributed by atoms with E-state index < -0.39 is 0 Å². The largest absolute Gasteiger partial charge is 0.382 e. The zero-order valence-corrected chi connectivity index (χ0v) is 10.6. The lowest BCUT2D eigenvalue weighted by molar-refractivity contribution is 0.903. The Kier molecular flexibility index (Phi) is 3.24. The number of aryl methyl sites for hydroxylation is 1. The van der Waals surface area contributed by atoms with Gasteiger partial charge in [-0.15, -0.1) is 0 Å². The number of nitrogens with two attached hydrogens (primary N) is 1. The van der Waals surface area contributed by atoms with Crippen LogP contribution in [0.25, 0.3) is 0 Å². The Balaban J connectivity index is 2.14. The third kappa shape index (κ3) is 2.71. The summed E-state index contributed by atoms with van der Waals surface area (Å²) in [6.07, 6.45) is 0. The topological polar surface area (TPSA) is 57.9 Å².